The fraction of sp³-hybridized carbons (Fsp3) is 0.111. The summed E-state index contributed by atoms with van der Waals surface area (Å²) in [5.74, 6) is 0.481. The number of carbonyl (C=O) groups is 1. The minimum atomic E-state index is -0.288. The second-order valence-corrected chi connectivity index (χ2v) is 6.58. The molecule has 0 saturated carbocycles. The summed E-state index contributed by atoms with van der Waals surface area (Å²) in [5, 5.41) is 4.52. The number of hydrogen-bond acceptors (Lipinski definition) is 2. The van der Waals surface area contributed by atoms with Gasteiger partial charge in [-0.15, -0.1) is 0 Å². The topological polar surface area (TPSA) is 62.7 Å². The van der Waals surface area contributed by atoms with Crippen molar-refractivity contribution in [2.45, 2.75) is 6.54 Å². The largest absolute Gasteiger partial charge is 0.349 e. The summed E-state index contributed by atoms with van der Waals surface area (Å²) in [6.07, 6.45) is 0. The molecule has 0 spiro atoms. The van der Waals surface area contributed by atoms with Gasteiger partial charge in [0.1, 0.15) is 11.5 Å². The molecule has 2 N–H and O–H groups in total. The molecule has 0 saturated heterocycles. The third-order valence-electron chi connectivity index (χ3n) is 4.21. The highest BCUT2D eigenvalue weighted by atomic mass is 35.5. The van der Waals surface area contributed by atoms with Gasteiger partial charge in [0, 0.05) is 23.0 Å². The first-order chi connectivity index (χ1) is 12.0. The van der Waals surface area contributed by atoms with E-state index in [2.05, 4.69) is 15.3 Å². The molecule has 7 heteroatoms. The van der Waals surface area contributed by atoms with Crippen molar-refractivity contribution in [2.24, 2.45) is 7.05 Å². The number of carbonyl (C=O) groups excluding carboxylic acids is 1. The van der Waals surface area contributed by atoms with E-state index in [4.69, 9.17) is 23.2 Å². The molecule has 4 aromatic rings. The third-order valence-corrected chi connectivity index (χ3v) is 4.84. The number of aromatic amines is 1. The van der Waals surface area contributed by atoms with Gasteiger partial charge < -0.3 is 14.9 Å². The van der Waals surface area contributed by atoms with Crippen LogP contribution in [-0.4, -0.2) is 20.4 Å². The van der Waals surface area contributed by atoms with Crippen LogP contribution in [0, 0.1) is 0 Å². The SMILES string of the molecule is Cn1c(CNC(=O)c2[nH]c3ccc(Cl)cc3c2Cl)nc2ccccc21. The highest BCUT2D eigenvalue weighted by molar-refractivity contribution is 6.39. The molecule has 0 radical (unpaired) electrons. The van der Waals surface area contributed by atoms with Crippen LogP contribution >= 0.6 is 23.2 Å². The van der Waals surface area contributed by atoms with Gasteiger partial charge in [-0.05, 0) is 30.3 Å². The molecule has 4 rings (SSSR count). The van der Waals surface area contributed by atoms with E-state index in [-0.39, 0.29) is 5.91 Å². The van der Waals surface area contributed by atoms with Gasteiger partial charge in [0.25, 0.3) is 5.91 Å². The number of aryl methyl sites for hydroxylation is 1. The van der Waals surface area contributed by atoms with Crippen LogP contribution in [0.2, 0.25) is 10.0 Å². The molecule has 2 heterocycles. The molecule has 126 valence electrons. The van der Waals surface area contributed by atoms with Crippen molar-refractivity contribution < 1.29 is 4.79 Å². The number of aromatic nitrogens is 3. The number of H-pyrrole nitrogens is 1. The Balaban J connectivity index is 1.59. The Morgan fingerprint density at radius 3 is 2.84 bits per heavy atom. The standard InChI is InChI=1S/C18H14Cl2N4O/c1-24-14-5-3-2-4-13(14)22-15(24)9-21-18(25)17-16(20)11-8-10(19)6-7-12(11)23-17/h2-8,23H,9H2,1H3,(H,21,25). The minimum Gasteiger partial charge on any atom is -0.349 e. The molecule has 0 aliphatic heterocycles. The maximum atomic E-state index is 12.5. The fourth-order valence-electron chi connectivity index (χ4n) is 2.89. The highest BCUT2D eigenvalue weighted by Gasteiger charge is 2.17. The van der Waals surface area contributed by atoms with E-state index in [1.165, 1.54) is 0 Å². The molecular formula is C18H14Cl2N4O. The van der Waals surface area contributed by atoms with Crippen LogP contribution in [0.3, 0.4) is 0 Å². The summed E-state index contributed by atoms with van der Waals surface area (Å²) in [6, 6.07) is 13.1. The summed E-state index contributed by atoms with van der Waals surface area (Å²) >= 11 is 12.3. The van der Waals surface area contributed by atoms with Crippen molar-refractivity contribution in [1.29, 1.82) is 0 Å². The maximum absolute atomic E-state index is 12.5. The van der Waals surface area contributed by atoms with Crippen molar-refractivity contribution in [3.8, 4) is 0 Å². The number of hydrogen-bond donors (Lipinski definition) is 2. The Morgan fingerprint density at radius 1 is 1.24 bits per heavy atom. The molecule has 25 heavy (non-hydrogen) atoms. The number of benzene rings is 2. The minimum absolute atomic E-state index is 0.288. The number of halogens is 2. The second kappa shape index (κ2) is 6.10. The number of nitrogens with one attached hydrogen (secondary N) is 2. The van der Waals surface area contributed by atoms with Crippen molar-refractivity contribution >= 4 is 51.0 Å². The fourth-order valence-corrected chi connectivity index (χ4v) is 3.35. The molecule has 2 aromatic carbocycles. The van der Waals surface area contributed by atoms with E-state index in [9.17, 15) is 4.79 Å². The van der Waals surface area contributed by atoms with E-state index in [1.807, 2.05) is 35.9 Å². The molecule has 0 fully saturated rings. The normalized spacial score (nSPS) is 11.3. The lowest BCUT2D eigenvalue weighted by atomic mass is 10.2. The zero-order valence-electron chi connectivity index (χ0n) is 13.3. The van der Waals surface area contributed by atoms with Gasteiger partial charge in [-0.25, -0.2) is 4.98 Å². The van der Waals surface area contributed by atoms with E-state index in [0.717, 1.165) is 27.8 Å². The molecule has 0 bridgehead atoms. The smallest absolute Gasteiger partial charge is 0.269 e. The first kappa shape index (κ1) is 16.0. The average molecular weight is 373 g/mol. The maximum Gasteiger partial charge on any atom is 0.269 e. The van der Waals surface area contributed by atoms with Crippen LogP contribution in [0.15, 0.2) is 42.5 Å². The first-order valence-electron chi connectivity index (χ1n) is 7.70. The van der Waals surface area contributed by atoms with Gasteiger partial charge in [0.15, 0.2) is 0 Å². The molecule has 2 aromatic heterocycles. The van der Waals surface area contributed by atoms with Gasteiger partial charge in [-0.1, -0.05) is 35.3 Å². The highest BCUT2D eigenvalue weighted by Crippen LogP contribution is 2.29. The Labute approximate surface area is 153 Å². The monoisotopic (exact) mass is 372 g/mol. The first-order valence-corrected chi connectivity index (χ1v) is 8.45. The van der Waals surface area contributed by atoms with Crippen LogP contribution in [0.5, 0.6) is 0 Å². The van der Waals surface area contributed by atoms with E-state index < -0.39 is 0 Å². The lowest BCUT2D eigenvalue weighted by Gasteiger charge is -2.05. The van der Waals surface area contributed by atoms with Crippen molar-refractivity contribution in [3.05, 3.63) is 64.0 Å². The average Bonchev–Trinajstić information content (AvgIpc) is 3.11. The van der Waals surface area contributed by atoms with Gasteiger partial charge in [-0.3, -0.25) is 4.79 Å². The van der Waals surface area contributed by atoms with E-state index in [1.54, 1.807) is 18.2 Å². The van der Waals surface area contributed by atoms with Gasteiger partial charge in [-0.2, -0.15) is 0 Å². The van der Waals surface area contributed by atoms with Crippen LogP contribution in [0.4, 0.5) is 0 Å². The Bertz CT molecular complexity index is 1110. The van der Waals surface area contributed by atoms with Crippen molar-refractivity contribution in [3.63, 3.8) is 0 Å². The van der Waals surface area contributed by atoms with Crippen molar-refractivity contribution in [2.75, 3.05) is 0 Å². The van der Waals surface area contributed by atoms with Crippen LogP contribution < -0.4 is 5.32 Å². The molecular weight excluding hydrogens is 359 g/mol. The summed E-state index contributed by atoms with van der Waals surface area (Å²) in [4.78, 5) is 20.1. The molecule has 1 amide bonds. The van der Waals surface area contributed by atoms with Gasteiger partial charge >= 0.3 is 0 Å². The zero-order chi connectivity index (χ0) is 17.6. The summed E-state index contributed by atoms with van der Waals surface area (Å²) < 4.78 is 1.96. The third kappa shape index (κ3) is 2.75. The van der Waals surface area contributed by atoms with Crippen LogP contribution in [0.1, 0.15) is 16.3 Å². The van der Waals surface area contributed by atoms with E-state index >= 15 is 0 Å². The Morgan fingerprint density at radius 2 is 2.04 bits per heavy atom. The van der Waals surface area contributed by atoms with E-state index in [0.29, 0.717) is 22.3 Å². The van der Waals surface area contributed by atoms with Crippen LogP contribution in [-0.2, 0) is 13.6 Å². The number of amides is 1. The summed E-state index contributed by atoms with van der Waals surface area (Å²) in [6.45, 7) is 0.302. The number of para-hydroxylation sites is 2. The number of fused-ring (bicyclic) bond motifs is 2. The molecule has 0 atom stereocenters. The number of nitrogens with zero attached hydrogens (tertiary/aromatic N) is 2. The molecule has 0 aliphatic rings. The Kier molecular flexibility index (Phi) is 3.90. The summed E-state index contributed by atoms with van der Waals surface area (Å²) in [7, 11) is 1.93. The lowest BCUT2D eigenvalue weighted by molar-refractivity contribution is 0.0945. The Hall–Kier alpha value is -2.50. The second-order valence-electron chi connectivity index (χ2n) is 5.76. The molecule has 0 unspecified atom stereocenters. The van der Waals surface area contributed by atoms with Gasteiger partial charge in [0.2, 0.25) is 0 Å². The predicted molar refractivity (Wildman–Crippen MR) is 100 cm³/mol. The number of rotatable bonds is 3. The summed E-state index contributed by atoms with van der Waals surface area (Å²) in [5.41, 5.74) is 3.00. The zero-order valence-corrected chi connectivity index (χ0v) is 14.8. The lowest BCUT2D eigenvalue weighted by Crippen LogP contribution is -2.25. The molecule has 0 aliphatic carbocycles. The quantitative estimate of drug-likeness (QED) is 0.563. The number of imidazole rings is 1. The van der Waals surface area contributed by atoms with Gasteiger partial charge in [0.05, 0.1) is 22.6 Å². The van der Waals surface area contributed by atoms with Crippen LogP contribution in [0.25, 0.3) is 21.9 Å². The predicted octanol–water partition coefficient (Wildman–Crippen LogP) is 4.29. The molecule has 5 nitrogen and oxygen atoms in total. The van der Waals surface area contributed by atoms with Crippen molar-refractivity contribution in [1.82, 2.24) is 19.9 Å².